The third kappa shape index (κ3) is 3.23. The summed E-state index contributed by atoms with van der Waals surface area (Å²) in [6, 6.07) is 8.83. The number of amidine groups is 1. The topological polar surface area (TPSA) is 54.6 Å². The van der Waals surface area contributed by atoms with Crippen LogP contribution >= 0.6 is 11.8 Å². The Bertz CT molecular complexity index is 949. The van der Waals surface area contributed by atoms with E-state index in [0.29, 0.717) is 6.04 Å². The predicted molar refractivity (Wildman–Crippen MR) is 113 cm³/mol. The summed E-state index contributed by atoms with van der Waals surface area (Å²) in [4.78, 5) is 9.65. The van der Waals surface area contributed by atoms with Crippen LogP contribution in [0.5, 0.6) is 0 Å². The highest BCUT2D eigenvalue weighted by Crippen LogP contribution is 2.37. The lowest BCUT2D eigenvalue weighted by atomic mass is 9.95. The number of nitrogens with one attached hydrogen (secondary N) is 1. The Kier molecular flexibility index (Phi) is 4.36. The number of fused-ring (bicyclic) bond motifs is 2. The number of rotatable bonds is 3. The van der Waals surface area contributed by atoms with Gasteiger partial charge in [0.15, 0.2) is 11.0 Å². The number of hydrogen-bond donors (Lipinski definition) is 1. The van der Waals surface area contributed by atoms with E-state index in [-0.39, 0.29) is 0 Å². The molecule has 0 atom stereocenters. The Balaban J connectivity index is 1.33. The SMILES string of the molecule is C=C1NC(SCC2=Nc3ccccc3C2)=Nc2c1cnn2C1CCCCC1. The molecule has 5 rings (SSSR count). The first-order chi connectivity index (χ1) is 13.3. The number of benzene rings is 1. The van der Waals surface area contributed by atoms with Crippen molar-refractivity contribution in [2.45, 2.75) is 44.6 Å². The predicted octanol–water partition coefficient (Wildman–Crippen LogP) is 5.01. The lowest BCUT2D eigenvalue weighted by Crippen LogP contribution is -2.24. The molecule has 1 aromatic heterocycles. The third-order valence-electron chi connectivity index (χ3n) is 5.52. The molecular weight excluding hydrogens is 354 g/mol. The van der Waals surface area contributed by atoms with E-state index in [4.69, 9.17) is 9.98 Å². The summed E-state index contributed by atoms with van der Waals surface area (Å²) < 4.78 is 2.13. The van der Waals surface area contributed by atoms with Crippen molar-refractivity contribution in [2.75, 3.05) is 5.75 Å². The molecule has 0 amide bonds. The van der Waals surface area contributed by atoms with Gasteiger partial charge in [-0.15, -0.1) is 0 Å². The van der Waals surface area contributed by atoms with Crippen molar-refractivity contribution in [3.05, 3.63) is 48.2 Å². The summed E-state index contributed by atoms with van der Waals surface area (Å²) in [6.07, 6.45) is 9.13. The zero-order valence-electron chi connectivity index (χ0n) is 15.3. The van der Waals surface area contributed by atoms with Crippen molar-refractivity contribution in [1.82, 2.24) is 15.1 Å². The second kappa shape index (κ2) is 7.00. The number of thioether (sulfide) groups is 1. The van der Waals surface area contributed by atoms with E-state index in [2.05, 4.69) is 39.9 Å². The molecule has 1 saturated carbocycles. The van der Waals surface area contributed by atoms with E-state index in [9.17, 15) is 0 Å². The Morgan fingerprint density at radius 3 is 2.85 bits per heavy atom. The van der Waals surface area contributed by atoms with Crippen LogP contribution in [0.25, 0.3) is 5.70 Å². The van der Waals surface area contributed by atoms with Gasteiger partial charge in [-0.25, -0.2) is 9.67 Å². The van der Waals surface area contributed by atoms with Gasteiger partial charge in [-0.3, -0.25) is 4.99 Å². The first-order valence-corrected chi connectivity index (χ1v) is 10.7. The van der Waals surface area contributed by atoms with Crippen molar-refractivity contribution >= 4 is 39.8 Å². The first kappa shape index (κ1) is 16.8. The van der Waals surface area contributed by atoms with Crippen LogP contribution in [0.2, 0.25) is 0 Å². The molecule has 0 saturated heterocycles. The van der Waals surface area contributed by atoms with Gasteiger partial charge in [-0.1, -0.05) is 55.8 Å². The van der Waals surface area contributed by atoms with E-state index >= 15 is 0 Å². The quantitative estimate of drug-likeness (QED) is 0.818. The lowest BCUT2D eigenvalue weighted by Gasteiger charge is -2.24. The normalized spacial score (nSPS) is 19.2. The highest BCUT2D eigenvalue weighted by atomic mass is 32.2. The van der Waals surface area contributed by atoms with E-state index in [0.717, 1.165) is 40.1 Å². The smallest absolute Gasteiger partial charge is 0.168 e. The standard InChI is InChI=1S/C21H23N5S/c1-14-18-12-22-26(17-8-3-2-4-9-17)20(18)25-21(23-14)27-13-16-11-15-7-5-6-10-19(15)24-16/h5-7,10,12,17H,1-4,8-9,11,13H2,(H,23,25). The third-order valence-corrected chi connectivity index (χ3v) is 6.46. The van der Waals surface area contributed by atoms with Crippen molar-refractivity contribution in [3.63, 3.8) is 0 Å². The Morgan fingerprint density at radius 1 is 1.15 bits per heavy atom. The minimum atomic E-state index is 0.470. The fourth-order valence-corrected chi connectivity index (χ4v) is 4.91. The van der Waals surface area contributed by atoms with Gasteiger partial charge in [0.05, 0.1) is 23.5 Å². The van der Waals surface area contributed by atoms with Gasteiger partial charge < -0.3 is 5.32 Å². The summed E-state index contributed by atoms with van der Waals surface area (Å²) in [5.41, 5.74) is 5.53. The summed E-state index contributed by atoms with van der Waals surface area (Å²) in [7, 11) is 0. The van der Waals surface area contributed by atoms with Gasteiger partial charge in [-0.2, -0.15) is 5.10 Å². The molecule has 138 valence electrons. The molecule has 27 heavy (non-hydrogen) atoms. The molecule has 3 aliphatic rings. The second-order valence-electron chi connectivity index (χ2n) is 7.41. The van der Waals surface area contributed by atoms with E-state index in [1.165, 1.54) is 43.4 Å². The molecule has 1 aromatic carbocycles. The maximum atomic E-state index is 4.89. The van der Waals surface area contributed by atoms with Crippen LogP contribution in [0, 0.1) is 0 Å². The van der Waals surface area contributed by atoms with Crippen LogP contribution in [0.1, 0.15) is 49.3 Å². The summed E-state index contributed by atoms with van der Waals surface area (Å²) in [6.45, 7) is 4.19. The zero-order chi connectivity index (χ0) is 18.2. The van der Waals surface area contributed by atoms with Crippen LogP contribution < -0.4 is 5.32 Å². The molecule has 0 bridgehead atoms. The van der Waals surface area contributed by atoms with Crippen LogP contribution in [-0.2, 0) is 6.42 Å². The highest BCUT2D eigenvalue weighted by molar-refractivity contribution is 8.14. The van der Waals surface area contributed by atoms with Gasteiger partial charge in [-0.05, 0) is 24.5 Å². The molecule has 0 unspecified atom stereocenters. The first-order valence-electron chi connectivity index (χ1n) is 9.67. The molecule has 2 aliphatic heterocycles. The lowest BCUT2D eigenvalue weighted by molar-refractivity contribution is 0.332. The largest absolute Gasteiger partial charge is 0.334 e. The summed E-state index contributed by atoms with van der Waals surface area (Å²) >= 11 is 1.70. The average Bonchev–Trinajstić information content (AvgIpc) is 3.31. The van der Waals surface area contributed by atoms with Crippen LogP contribution in [0.4, 0.5) is 11.5 Å². The molecule has 0 spiro atoms. The van der Waals surface area contributed by atoms with E-state index in [1.54, 1.807) is 11.8 Å². The van der Waals surface area contributed by atoms with Crippen LogP contribution in [0.3, 0.4) is 0 Å². The molecule has 2 aromatic rings. The molecule has 3 heterocycles. The fourth-order valence-electron chi connectivity index (χ4n) is 4.10. The van der Waals surface area contributed by atoms with E-state index < -0.39 is 0 Å². The molecular formula is C21H23N5S. The van der Waals surface area contributed by atoms with Gasteiger partial charge in [0.2, 0.25) is 0 Å². The minimum Gasteiger partial charge on any atom is -0.334 e. The fraction of sp³-hybridized carbons (Fsp3) is 0.381. The number of aliphatic imine (C=N–C) groups is 2. The van der Waals surface area contributed by atoms with Crippen molar-refractivity contribution < 1.29 is 0 Å². The molecule has 0 radical (unpaired) electrons. The van der Waals surface area contributed by atoms with Gasteiger partial charge in [0.1, 0.15) is 0 Å². The molecule has 1 aliphatic carbocycles. The number of para-hydroxylation sites is 1. The average molecular weight is 378 g/mol. The monoisotopic (exact) mass is 377 g/mol. The Hall–Kier alpha value is -2.34. The van der Waals surface area contributed by atoms with Gasteiger partial charge in [0.25, 0.3) is 0 Å². The number of aromatic nitrogens is 2. The number of hydrogen-bond acceptors (Lipinski definition) is 5. The van der Waals surface area contributed by atoms with Crippen LogP contribution in [0.15, 0.2) is 47.0 Å². The second-order valence-corrected chi connectivity index (χ2v) is 8.38. The molecule has 5 nitrogen and oxygen atoms in total. The zero-order valence-corrected chi connectivity index (χ0v) is 16.1. The maximum Gasteiger partial charge on any atom is 0.168 e. The summed E-state index contributed by atoms with van der Waals surface area (Å²) in [5.74, 6) is 1.80. The van der Waals surface area contributed by atoms with Crippen molar-refractivity contribution in [1.29, 1.82) is 0 Å². The molecule has 6 heteroatoms. The molecule has 1 fully saturated rings. The van der Waals surface area contributed by atoms with Crippen molar-refractivity contribution in [3.8, 4) is 0 Å². The van der Waals surface area contributed by atoms with Gasteiger partial charge >= 0.3 is 0 Å². The minimum absolute atomic E-state index is 0.470. The van der Waals surface area contributed by atoms with Crippen LogP contribution in [-0.4, -0.2) is 26.4 Å². The summed E-state index contributed by atoms with van der Waals surface area (Å²) in [5, 5.41) is 8.88. The number of nitrogens with zero attached hydrogens (tertiary/aromatic N) is 4. The maximum absolute atomic E-state index is 4.89. The Morgan fingerprint density at radius 2 is 2.00 bits per heavy atom. The Labute approximate surface area is 163 Å². The van der Waals surface area contributed by atoms with Crippen molar-refractivity contribution in [2.24, 2.45) is 9.98 Å². The van der Waals surface area contributed by atoms with Gasteiger partial charge in [0, 0.05) is 23.6 Å². The van der Waals surface area contributed by atoms with E-state index in [1.807, 2.05) is 12.3 Å². The highest BCUT2D eigenvalue weighted by Gasteiger charge is 2.25. The molecule has 1 N–H and O–H groups in total.